The molecule has 0 spiro atoms. The van der Waals surface area contributed by atoms with Crippen LogP contribution in [0.1, 0.15) is 36.5 Å². The molecule has 2 aliphatic heterocycles. The maximum atomic E-state index is 13.5. The van der Waals surface area contributed by atoms with Crippen LogP contribution in [0.3, 0.4) is 0 Å². The molecule has 2 aromatic rings. The Morgan fingerprint density at radius 2 is 1.79 bits per heavy atom. The zero-order chi connectivity index (χ0) is 23.9. The number of likely N-dealkylation sites (tertiary alicyclic amines) is 1. The van der Waals surface area contributed by atoms with E-state index in [1.54, 1.807) is 6.92 Å². The largest absolute Gasteiger partial charge is 0.340 e. The number of benzene rings is 2. The predicted octanol–water partition coefficient (Wildman–Crippen LogP) is 2.85. The molecule has 4 rings (SSSR count). The average molecular weight is 463 g/mol. The summed E-state index contributed by atoms with van der Waals surface area (Å²) in [4.78, 5) is 32.4. The first-order chi connectivity index (χ1) is 16.5. The number of carbonyl (C=O) groups excluding carboxylic acids is 2. The molecule has 2 aromatic carbocycles. The molecule has 2 saturated heterocycles. The Morgan fingerprint density at radius 3 is 2.56 bits per heavy atom. The molecular weight excluding hydrogens is 424 g/mol. The fourth-order valence-corrected chi connectivity index (χ4v) is 5.25. The minimum Gasteiger partial charge on any atom is -0.340 e. The van der Waals surface area contributed by atoms with Crippen LogP contribution in [0.4, 0.5) is 0 Å². The summed E-state index contributed by atoms with van der Waals surface area (Å²) in [5, 5.41) is 3.37. The van der Waals surface area contributed by atoms with Crippen molar-refractivity contribution < 1.29 is 9.59 Å². The van der Waals surface area contributed by atoms with Crippen LogP contribution in [0.5, 0.6) is 0 Å². The van der Waals surface area contributed by atoms with E-state index in [4.69, 9.17) is 0 Å². The summed E-state index contributed by atoms with van der Waals surface area (Å²) in [6.45, 7) is 9.32. The van der Waals surface area contributed by atoms with Crippen molar-refractivity contribution in [3.8, 4) is 0 Å². The number of amides is 2. The third-order valence-corrected chi connectivity index (χ3v) is 7.30. The van der Waals surface area contributed by atoms with Crippen LogP contribution >= 0.6 is 0 Å². The Bertz CT molecular complexity index is 956. The Hall–Kier alpha value is -2.70. The number of hydrogen-bond acceptors (Lipinski definition) is 4. The monoisotopic (exact) mass is 462 g/mol. The minimum atomic E-state index is -0.364. The van der Waals surface area contributed by atoms with Crippen LogP contribution in [0.15, 0.2) is 54.6 Å². The molecular formula is C28H38N4O2. The van der Waals surface area contributed by atoms with Crippen molar-refractivity contribution in [2.75, 3.05) is 39.3 Å². The van der Waals surface area contributed by atoms with E-state index in [9.17, 15) is 9.59 Å². The highest BCUT2D eigenvalue weighted by molar-refractivity contribution is 5.87. The predicted molar refractivity (Wildman–Crippen MR) is 135 cm³/mol. The maximum Gasteiger partial charge on any atom is 0.245 e. The molecule has 0 saturated carbocycles. The molecule has 2 fully saturated rings. The number of carbonyl (C=O) groups is 2. The molecule has 6 heteroatoms. The smallest absolute Gasteiger partial charge is 0.245 e. The molecule has 2 atom stereocenters. The highest BCUT2D eigenvalue weighted by atomic mass is 16.2. The first kappa shape index (κ1) is 24.4. The average Bonchev–Trinajstić information content (AvgIpc) is 3.11. The van der Waals surface area contributed by atoms with Gasteiger partial charge in [0.05, 0.1) is 0 Å². The van der Waals surface area contributed by atoms with Gasteiger partial charge in [0.15, 0.2) is 0 Å². The SMILES string of the molecule is CC(=O)N1CC(N(CCc2ccccc2)Cc2ccccc2C)CC1C(=O)N1CCCNCC1. The number of hydrogen-bond donors (Lipinski definition) is 1. The molecule has 6 nitrogen and oxygen atoms in total. The van der Waals surface area contributed by atoms with E-state index in [2.05, 4.69) is 65.7 Å². The van der Waals surface area contributed by atoms with Crippen LogP contribution in [-0.4, -0.2) is 77.9 Å². The highest BCUT2D eigenvalue weighted by Crippen LogP contribution is 2.27. The van der Waals surface area contributed by atoms with Crippen molar-refractivity contribution >= 4 is 11.8 Å². The summed E-state index contributed by atoms with van der Waals surface area (Å²) in [5.41, 5.74) is 3.89. The molecule has 2 unspecified atom stereocenters. The lowest BCUT2D eigenvalue weighted by molar-refractivity contribution is -0.142. The first-order valence-corrected chi connectivity index (χ1v) is 12.6. The van der Waals surface area contributed by atoms with Gasteiger partial charge in [-0.15, -0.1) is 0 Å². The first-order valence-electron chi connectivity index (χ1n) is 12.6. The van der Waals surface area contributed by atoms with Crippen molar-refractivity contribution in [3.63, 3.8) is 0 Å². The van der Waals surface area contributed by atoms with Gasteiger partial charge >= 0.3 is 0 Å². The molecule has 2 aliphatic rings. The van der Waals surface area contributed by atoms with Gasteiger partial charge in [-0.2, -0.15) is 0 Å². The number of nitrogens with one attached hydrogen (secondary N) is 1. The molecule has 0 radical (unpaired) electrons. The second-order valence-electron chi connectivity index (χ2n) is 9.64. The summed E-state index contributed by atoms with van der Waals surface area (Å²) >= 11 is 0. The van der Waals surface area contributed by atoms with Crippen molar-refractivity contribution in [2.24, 2.45) is 0 Å². The van der Waals surface area contributed by atoms with E-state index < -0.39 is 0 Å². The molecule has 2 heterocycles. The second kappa shape index (κ2) is 11.6. The minimum absolute atomic E-state index is 0.00676. The Morgan fingerprint density at radius 1 is 1.03 bits per heavy atom. The lowest BCUT2D eigenvalue weighted by atomic mass is 10.0. The molecule has 0 bridgehead atoms. The van der Waals surface area contributed by atoms with Crippen LogP contribution < -0.4 is 5.32 Å². The van der Waals surface area contributed by atoms with E-state index in [0.717, 1.165) is 45.6 Å². The summed E-state index contributed by atoms with van der Waals surface area (Å²) in [6.07, 6.45) is 2.60. The Balaban J connectivity index is 1.53. The van der Waals surface area contributed by atoms with Gasteiger partial charge in [-0.05, 0) is 49.4 Å². The maximum absolute atomic E-state index is 13.5. The fourth-order valence-electron chi connectivity index (χ4n) is 5.25. The van der Waals surface area contributed by atoms with Gasteiger partial charge < -0.3 is 15.1 Å². The molecule has 1 N–H and O–H groups in total. The van der Waals surface area contributed by atoms with Crippen LogP contribution in [0, 0.1) is 6.92 Å². The van der Waals surface area contributed by atoms with Gasteiger partial charge in [-0.1, -0.05) is 54.6 Å². The van der Waals surface area contributed by atoms with Gasteiger partial charge in [0, 0.05) is 52.2 Å². The van der Waals surface area contributed by atoms with Crippen molar-refractivity contribution in [1.29, 1.82) is 0 Å². The van der Waals surface area contributed by atoms with Gasteiger partial charge in [-0.3, -0.25) is 14.5 Å². The normalized spacial score (nSPS) is 21.0. The van der Waals surface area contributed by atoms with Crippen LogP contribution in [0.2, 0.25) is 0 Å². The number of nitrogens with zero attached hydrogens (tertiary/aromatic N) is 3. The quantitative estimate of drug-likeness (QED) is 0.688. The third-order valence-electron chi connectivity index (χ3n) is 7.30. The molecule has 2 amide bonds. The van der Waals surface area contributed by atoms with E-state index in [1.165, 1.54) is 16.7 Å². The lowest BCUT2D eigenvalue weighted by Gasteiger charge is -2.29. The summed E-state index contributed by atoms with van der Waals surface area (Å²) in [6, 6.07) is 18.9. The van der Waals surface area contributed by atoms with E-state index in [0.29, 0.717) is 19.5 Å². The molecule has 182 valence electrons. The summed E-state index contributed by atoms with van der Waals surface area (Å²) in [5.74, 6) is 0.105. The van der Waals surface area contributed by atoms with Crippen molar-refractivity contribution in [2.45, 2.75) is 51.7 Å². The van der Waals surface area contributed by atoms with E-state index in [1.807, 2.05) is 15.9 Å². The van der Waals surface area contributed by atoms with Crippen molar-refractivity contribution in [3.05, 3.63) is 71.3 Å². The second-order valence-corrected chi connectivity index (χ2v) is 9.64. The fraction of sp³-hybridized carbons (Fsp3) is 0.500. The lowest BCUT2D eigenvalue weighted by Crippen LogP contribution is -2.48. The standard InChI is InChI=1S/C28H38N4O2/c1-22-9-6-7-12-25(22)20-31(17-13-24-10-4-3-5-11-24)26-19-27(32(21-26)23(2)33)28(34)30-16-8-14-29-15-18-30/h3-7,9-12,26-27,29H,8,13-21H2,1-2H3. The zero-order valence-corrected chi connectivity index (χ0v) is 20.6. The van der Waals surface area contributed by atoms with E-state index >= 15 is 0 Å². The number of aryl methyl sites for hydroxylation is 1. The van der Waals surface area contributed by atoms with Gasteiger partial charge in [0.1, 0.15) is 6.04 Å². The van der Waals surface area contributed by atoms with E-state index in [-0.39, 0.29) is 23.9 Å². The highest BCUT2D eigenvalue weighted by Gasteiger charge is 2.42. The van der Waals surface area contributed by atoms with Crippen LogP contribution in [0.25, 0.3) is 0 Å². The van der Waals surface area contributed by atoms with Gasteiger partial charge in [0.25, 0.3) is 0 Å². The Labute approximate surface area is 203 Å². The third kappa shape index (κ3) is 6.05. The zero-order valence-electron chi connectivity index (χ0n) is 20.6. The summed E-state index contributed by atoms with van der Waals surface area (Å²) in [7, 11) is 0. The van der Waals surface area contributed by atoms with Crippen molar-refractivity contribution in [1.82, 2.24) is 20.0 Å². The molecule has 34 heavy (non-hydrogen) atoms. The topological polar surface area (TPSA) is 55.9 Å². The molecule has 0 aromatic heterocycles. The molecule has 0 aliphatic carbocycles. The Kier molecular flexibility index (Phi) is 8.35. The van der Waals surface area contributed by atoms with Crippen LogP contribution in [-0.2, 0) is 22.6 Å². The van der Waals surface area contributed by atoms with Gasteiger partial charge in [0.2, 0.25) is 11.8 Å². The van der Waals surface area contributed by atoms with Gasteiger partial charge in [-0.25, -0.2) is 0 Å². The number of rotatable bonds is 7. The summed E-state index contributed by atoms with van der Waals surface area (Å²) < 4.78 is 0.